The molecule has 3 N–H and O–H groups in total. The van der Waals surface area contributed by atoms with E-state index in [1.165, 1.54) is 12.3 Å². The predicted molar refractivity (Wildman–Crippen MR) is 79.3 cm³/mol. The zero-order valence-electron chi connectivity index (χ0n) is 11.5. The summed E-state index contributed by atoms with van der Waals surface area (Å²) in [5, 5.41) is 2.61. The quantitative estimate of drug-likeness (QED) is 0.829. The molecule has 1 heterocycles. The van der Waals surface area contributed by atoms with Gasteiger partial charge in [-0.25, -0.2) is 9.37 Å². The summed E-state index contributed by atoms with van der Waals surface area (Å²) in [6.07, 6.45) is 1.53. The topological polar surface area (TPSA) is 68.0 Å². The number of carbonyl (C=O) groups excluding carboxylic acids is 1. The highest BCUT2D eigenvalue weighted by Gasteiger charge is 2.09. The highest BCUT2D eigenvalue weighted by Crippen LogP contribution is 2.12. The molecule has 106 valence electrons. The molecule has 2 aromatic rings. The van der Waals surface area contributed by atoms with Crippen molar-refractivity contribution in [1.29, 1.82) is 0 Å². The van der Waals surface area contributed by atoms with Gasteiger partial charge in [-0.05, 0) is 36.8 Å². The van der Waals surface area contributed by atoms with Crippen LogP contribution in [0.3, 0.4) is 0 Å². The first kappa shape index (κ1) is 14.7. The van der Waals surface area contributed by atoms with Crippen molar-refractivity contribution in [2.24, 2.45) is 5.73 Å². The zero-order valence-corrected chi connectivity index (χ0v) is 11.5. The average molecular weight is 283 g/mol. The number of benzene rings is 1. The van der Waals surface area contributed by atoms with E-state index in [2.05, 4.69) is 22.1 Å². The van der Waals surface area contributed by atoms with Gasteiger partial charge in [-0.3, -0.25) is 4.79 Å². The minimum atomic E-state index is -0.426. The largest absolute Gasteiger partial charge is 0.320 e. The van der Waals surface area contributed by atoms with Gasteiger partial charge >= 0.3 is 0 Å². The van der Waals surface area contributed by atoms with Gasteiger partial charge in [0.2, 0.25) is 0 Å². The second-order valence-electron chi connectivity index (χ2n) is 4.35. The minimum absolute atomic E-state index is 0.235. The van der Waals surface area contributed by atoms with Crippen LogP contribution in [0.2, 0.25) is 0 Å². The molecule has 0 aliphatic rings. The van der Waals surface area contributed by atoms with Crippen LogP contribution < -0.4 is 11.1 Å². The van der Waals surface area contributed by atoms with Crippen molar-refractivity contribution in [3.63, 3.8) is 0 Å². The summed E-state index contributed by atoms with van der Waals surface area (Å²) in [5.74, 6) is 5.07. The Kier molecular flexibility index (Phi) is 4.64. The van der Waals surface area contributed by atoms with E-state index in [-0.39, 0.29) is 12.1 Å². The maximum atomic E-state index is 13.5. The molecule has 0 spiro atoms. The zero-order chi connectivity index (χ0) is 15.2. The average Bonchev–Trinajstić information content (AvgIpc) is 2.48. The Morgan fingerprint density at radius 1 is 1.38 bits per heavy atom. The SMILES string of the molecule is Cc1ccc(C(=O)Nc2cc(C#CCN)ccn2)cc1F. The fourth-order valence-corrected chi connectivity index (χ4v) is 1.65. The van der Waals surface area contributed by atoms with Crippen LogP contribution in [0.1, 0.15) is 21.5 Å². The van der Waals surface area contributed by atoms with Gasteiger partial charge in [-0.2, -0.15) is 0 Å². The fraction of sp³-hybridized carbons (Fsp3) is 0.125. The Bertz CT molecular complexity index is 732. The van der Waals surface area contributed by atoms with Crippen molar-refractivity contribution in [2.75, 3.05) is 11.9 Å². The molecule has 4 nitrogen and oxygen atoms in total. The lowest BCUT2D eigenvalue weighted by Crippen LogP contribution is -2.13. The van der Waals surface area contributed by atoms with Crippen LogP contribution in [0.5, 0.6) is 0 Å². The molecule has 1 amide bonds. The molecule has 21 heavy (non-hydrogen) atoms. The summed E-state index contributed by atoms with van der Waals surface area (Å²) >= 11 is 0. The summed E-state index contributed by atoms with van der Waals surface area (Å²) < 4.78 is 13.5. The van der Waals surface area contributed by atoms with E-state index in [1.807, 2.05) is 0 Å². The third kappa shape index (κ3) is 3.88. The van der Waals surface area contributed by atoms with E-state index < -0.39 is 11.7 Å². The summed E-state index contributed by atoms with van der Waals surface area (Å²) in [5.41, 5.74) is 6.72. The molecule has 0 aliphatic carbocycles. The van der Waals surface area contributed by atoms with Crippen molar-refractivity contribution in [3.05, 3.63) is 59.0 Å². The summed E-state index contributed by atoms with van der Waals surface area (Å²) in [7, 11) is 0. The highest BCUT2D eigenvalue weighted by molar-refractivity contribution is 6.03. The number of rotatable bonds is 2. The van der Waals surface area contributed by atoms with Crippen molar-refractivity contribution >= 4 is 11.7 Å². The number of pyridine rings is 1. The molecule has 5 heteroatoms. The van der Waals surface area contributed by atoms with Gasteiger partial charge < -0.3 is 11.1 Å². The molecule has 1 aromatic carbocycles. The lowest BCUT2D eigenvalue weighted by atomic mass is 10.1. The molecule has 0 fully saturated rings. The number of amides is 1. The Labute approximate surface area is 122 Å². The van der Waals surface area contributed by atoms with Gasteiger partial charge in [0.25, 0.3) is 5.91 Å². The van der Waals surface area contributed by atoms with Gasteiger partial charge in [0.15, 0.2) is 0 Å². The van der Waals surface area contributed by atoms with E-state index in [0.717, 1.165) is 0 Å². The number of aryl methyl sites for hydroxylation is 1. The maximum Gasteiger partial charge on any atom is 0.256 e. The van der Waals surface area contributed by atoms with Crippen molar-refractivity contribution in [1.82, 2.24) is 4.98 Å². The van der Waals surface area contributed by atoms with Crippen LogP contribution >= 0.6 is 0 Å². The van der Waals surface area contributed by atoms with E-state index in [1.54, 1.807) is 31.2 Å². The summed E-state index contributed by atoms with van der Waals surface area (Å²) in [4.78, 5) is 16.1. The smallest absolute Gasteiger partial charge is 0.256 e. The monoisotopic (exact) mass is 283 g/mol. The third-order valence-electron chi connectivity index (χ3n) is 2.77. The summed E-state index contributed by atoms with van der Waals surface area (Å²) in [6, 6.07) is 7.66. The third-order valence-corrected chi connectivity index (χ3v) is 2.77. The second-order valence-corrected chi connectivity index (χ2v) is 4.35. The molecule has 0 saturated carbocycles. The number of aromatic nitrogens is 1. The van der Waals surface area contributed by atoms with E-state index >= 15 is 0 Å². The lowest BCUT2D eigenvalue weighted by molar-refractivity contribution is 0.102. The molecular formula is C16H14FN3O. The van der Waals surface area contributed by atoms with Gasteiger partial charge in [0.1, 0.15) is 11.6 Å². The normalized spacial score (nSPS) is 9.67. The fourth-order valence-electron chi connectivity index (χ4n) is 1.65. The van der Waals surface area contributed by atoms with Crippen molar-refractivity contribution < 1.29 is 9.18 Å². The van der Waals surface area contributed by atoms with E-state index in [0.29, 0.717) is 16.9 Å². The Hall–Kier alpha value is -2.71. The Balaban J connectivity index is 2.17. The maximum absolute atomic E-state index is 13.5. The number of hydrogen-bond donors (Lipinski definition) is 2. The van der Waals surface area contributed by atoms with Crippen LogP contribution in [-0.2, 0) is 0 Å². The number of nitrogens with one attached hydrogen (secondary N) is 1. The second kappa shape index (κ2) is 6.64. The number of carbonyl (C=O) groups is 1. The van der Waals surface area contributed by atoms with E-state index in [4.69, 9.17) is 5.73 Å². The number of nitrogens with two attached hydrogens (primary N) is 1. The number of hydrogen-bond acceptors (Lipinski definition) is 3. The first-order chi connectivity index (χ1) is 10.1. The summed E-state index contributed by atoms with van der Waals surface area (Å²) in [6.45, 7) is 1.89. The van der Waals surface area contributed by atoms with Gasteiger partial charge in [0, 0.05) is 17.3 Å². The highest BCUT2D eigenvalue weighted by atomic mass is 19.1. The van der Waals surface area contributed by atoms with Crippen LogP contribution in [0, 0.1) is 24.6 Å². The molecule has 0 saturated heterocycles. The molecule has 0 radical (unpaired) electrons. The Morgan fingerprint density at radius 3 is 2.90 bits per heavy atom. The molecule has 0 bridgehead atoms. The number of nitrogens with zero attached hydrogens (tertiary/aromatic N) is 1. The molecule has 0 atom stereocenters. The number of anilines is 1. The van der Waals surface area contributed by atoms with Gasteiger partial charge in [-0.1, -0.05) is 17.9 Å². The molecule has 0 unspecified atom stereocenters. The Morgan fingerprint density at radius 2 is 2.19 bits per heavy atom. The molecular weight excluding hydrogens is 269 g/mol. The first-order valence-electron chi connectivity index (χ1n) is 6.32. The van der Waals surface area contributed by atoms with Crippen LogP contribution in [0.4, 0.5) is 10.2 Å². The minimum Gasteiger partial charge on any atom is -0.320 e. The predicted octanol–water partition coefficient (Wildman–Crippen LogP) is 2.09. The molecule has 1 aromatic heterocycles. The number of halogens is 1. The van der Waals surface area contributed by atoms with Gasteiger partial charge in [-0.15, -0.1) is 0 Å². The van der Waals surface area contributed by atoms with Crippen molar-refractivity contribution in [2.45, 2.75) is 6.92 Å². The lowest BCUT2D eigenvalue weighted by Gasteiger charge is -2.05. The molecule has 2 rings (SSSR count). The van der Waals surface area contributed by atoms with Crippen LogP contribution in [-0.4, -0.2) is 17.4 Å². The van der Waals surface area contributed by atoms with Crippen LogP contribution in [0.15, 0.2) is 36.5 Å². The van der Waals surface area contributed by atoms with E-state index in [9.17, 15) is 9.18 Å². The van der Waals surface area contributed by atoms with Gasteiger partial charge in [0.05, 0.1) is 6.54 Å². The standard InChI is InChI=1S/C16H14FN3O/c1-11-4-5-13(10-14(11)17)16(21)20-15-9-12(3-2-7-18)6-8-19-15/h4-6,8-10H,7,18H2,1H3,(H,19,20,21). The van der Waals surface area contributed by atoms with Crippen LogP contribution in [0.25, 0.3) is 0 Å². The van der Waals surface area contributed by atoms with Crippen molar-refractivity contribution in [3.8, 4) is 11.8 Å². The first-order valence-corrected chi connectivity index (χ1v) is 6.32. The molecule has 0 aliphatic heterocycles.